The van der Waals surface area contributed by atoms with Crippen molar-refractivity contribution in [1.29, 1.82) is 0 Å². The molecule has 4 rings (SSSR count). The number of carbonyl (C=O) groups excluding carboxylic acids is 1. The summed E-state index contributed by atoms with van der Waals surface area (Å²) in [5, 5.41) is 5.24. The first kappa shape index (κ1) is 13.4. The van der Waals surface area contributed by atoms with Gasteiger partial charge < -0.3 is 0 Å². The lowest BCUT2D eigenvalue weighted by Gasteiger charge is -2.31. The highest BCUT2D eigenvalue weighted by atomic mass is 16.2. The third kappa shape index (κ3) is 2.28. The van der Waals surface area contributed by atoms with Crippen molar-refractivity contribution in [2.24, 2.45) is 5.92 Å². The van der Waals surface area contributed by atoms with Crippen LogP contribution in [0.25, 0.3) is 0 Å². The van der Waals surface area contributed by atoms with Crippen molar-refractivity contribution in [2.45, 2.75) is 25.0 Å². The van der Waals surface area contributed by atoms with Crippen LogP contribution in [0.4, 0.5) is 5.69 Å². The maximum absolute atomic E-state index is 12.6. The van der Waals surface area contributed by atoms with Gasteiger partial charge in [0.05, 0.1) is 17.8 Å². The summed E-state index contributed by atoms with van der Waals surface area (Å²) in [5.74, 6) is 0.148. The molecule has 1 aromatic carbocycles. The van der Waals surface area contributed by atoms with Gasteiger partial charge in [-0.05, 0) is 42.7 Å². The SMILES string of the molecule is O=C1C2CCC(c3ccncc3)NC2NN1c1ccccc1. The number of benzene rings is 1. The highest BCUT2D eigenvalue weighted by Crippen LogP contribution is 2.33. The molecule has 112 valence electrons. The number of piperidine rings is 1. The molecule has 0 spiro atoms. The molecule has 3 unspecified atom stereocenters. The van der Waals surface area contributed by atoms with Gasteiger partial charge in [0.15, 0.2) is 0 Å². The van der Waals surface area contributed by atoms with E-state index in [-0.39, 0.29) is 24.0 Å². The van der Waals surface area contributed by atoms with E-state index in [1.165, 1.54) is 5.56 Å². The number of aromatic nitrogens is 1. The Morgan fingerprint density at radius 2 is 1.82 bits per heavy atom. The third-order valence-corrected chi connectivity index (χ3v) is 4.48. The van der Waals surface area contributed by atoms with Gasteiger partial charge in [0, 0.05) is 18.4 Å². The van der Waals surface area contributed by atoms with E-state index in [1.807, 2.05) is 54.9 Å². The van der Waals surface area contributed by atoms with Crippen LogP contribution in [0.2, 0.25) is 0 Å². The minimum atomic E-state index is -0.0142. The van der Waals surface area contributed by atoms with Gasteiger partial charge in [-0.3, -0.25) is 15.1 Å². The first-order chi connectivity index (χ1) is 10.8. The number of rotatable bonds is 2. The molecule has 0 radical (unpaired) electrons. The topological polar surface area (TPSA) is 57.3 Å². The third-order valence-electron chi connectivity index (χ3n) is 4.48. The maximum atomic E-state index is 12.6. The van der Waals surface area contributed by atoms with Gasteiger partial charge in [-0.2, -0.15) is 0 Å². The number of hydrazine groups is 1. The summed E-state index contributed by atoms with van der Waals surface area (Å²) >= 11 is 0. The summed E-state index contributed by atoms with van der Waals surface area (Å²) in [6.07, 6.45) is 5.46. The Hall–Kier alpha value is -2.24. The monoisotopic (exact) mass is 294 g/mol. The van der Waals surface area contributed by atoms with Crippen molar-refractivity contribution in [3.05, 3.63) is 60.4 Å². The number of nitrogens with zero attached hydrogens (tertiary/aromatic N) is 2. The molecule has 2 fully saturated rings. The quantitative estimate of drug-likeness (QED) is 0.889. The first-order valence-electron chi connectivity index (χ1n) is 7.64. The minimum Gasteiger partial charge on any atom is -0.293 e. The number of hydrogen-bond donors (Lipinski definition) is 2. The molecular formula is C17H18N4O. The number of para-hydroxylation sites is 1. The molecule has 22 heavy (non-hydrogen) atoms. The second-order valence-corrected chi connectivity index (χ2v) is 5.80. The van der Waals surface area contributed by atoms with E-state index in [2.05, 4.69) is 15.7 Å². The molecule has 2 saturated heterocycles. The predicted molar refractivity (Wildman–Crippen MR) is 83.7 cm³/mol. The van der Waals surface area contributed by atoms with Gasteiger partial charge in [-0.25, -0.2) is 10.4 Å². The molecule has 2 aliphatic rings. The molecule has 2 aliphatic heterocycles. The second kappa shape index (κ2) is 5.51. The summed E-state index contributed by atoms with van der Waals surface area (Å²) in [4.78, 5) is 16.7. The molecule has 2 N–H and O–H groups in total. The van der Waals surface area contributed by atoms with E-state index >= 15 is 0 Å². The van der Waals surface area contributed by atoms with E-state index in [4.69, 9.17) is 0 Å². The average Bonchev–Trinajstić information content (AvgIpc) is 2.93. The molecule has 0 saturated carbocycles. The number of anilines is 1. The summed E-state index contributed by atoms with van der Waals surface area (Å²) in [7, 11) is 0. The molecule has 2 aromatic rings. The van der Waals surface area contributed by atoms with Crippen LogP contribution >= 0.6 is 0 Å². The largest absolute Gasteiger partial charge is 0.293 e. The number of amides is 1. The lowest BCUT2D eigenvalue weighted by atomic mass is 9.89. The van der Waals surface area contributed by atoms with Crippen LogP contribution in [-0.2, 0) is 4.79 Å². The van der Waals surface area contributed by atoms with Gasteiger partial charge in [-0.15, -0.1) is 0 Å². The van der Waals surface area contributed by atoms with Crippen LogP contribution in [0.5, 0.6) is 0 Å². The van der Waals surface area contributed by atoms with Gasteiger partial charge >= 0.3 is 0 Å². The van der Waals surface area contributed by atoms with Crippen molar-refractivity contribution in [2.75, 3.05) is 5.01 Å². The normalized spacial score (nSPS) is 27.7. The Morgan fingerprint density at radius 3 is 2.59 bits per heavy atom. The van der Waals surface area contributed by atoms with Crippen LogP contribution < -0.4 is 15.8 Å². The van der Waals surface area contributed by atoms with Crippen LogP contribution in [0.15, 0.2) is 54.9 Å². The fourth-order valence-electron chi connectivity index (χ4n) is 3.33. The van der Waals surface area contributed by atoms with Gasteiger partial charge in [0.1, 0.15) is 0 Å². The van der Waals surface area contributed by atoms with Crippen LogP contribution in [0.1, 0.15) is 24.4 Å². The Kier molecular flexibility index (Phi) is 3.36. The molecule has 0 aliphatic carbocycles. The summed E-state index contributed by atoms with van der Waals surface area (Å²) in [5.41, 5.74) is 5.43. The minimum absolute atomic E-state index is 0.00158. The van der Waals surface area contributed by atoms with Crippen LogP contribution in [0, 0.1) is 5.92 Å². The molecule has 3 heterocycles. The maximum Gasteiger partial charge on any atom is 0.247 e. The van der Waals surface area contributed by atoms with E-state index in [0.717, 1.165) is 18.5 Å². The lowest BCUT2D eigenvalue weighted by molar-refractivity contribution is -0.121. The second-order valence-electron chi connectivity index (χ2n) is 5.80. The summed E-state index contributed by atoms with van der Waals surface area (Å²) in [6.45, 7) is 0. The molecule has 1 amide bonds. The van der Waals surface area contributed by atoms with Crippen molar-refractivity contribution in [3.63, 3.8) is 0 Å². The van der Waals surface area contributed by atoms with E-state index < -0.39 is 0 Å². The number of fused-ring (bicyclic) bond motifs is 1. The lowest BCUT2D eigenvalue weighted by Crippen LogP contribution is -2.49. The van der Waals surface area contributed by atoms with Crippen LogP contribution in [-0.4, -0.2) is 17.1 Å². The number of pyridine rings is 1. The number of hydrogen-bond acceptors (Lipinski definition) is 4. The van der Waals surface area contributed by atoms with Gasteiger partial charge in [0.2, 0.25) is 5.91 Å². The highest BCUT2D eigenvalue weighted by Gasteiger charge is 2.44. The van der Waals surface area contributed by atoms with E-state index in [9.17, 15) is 4.79 Å². The van der Waals surface area contributed by atoms with Crippen molar-refractivity contribution in [1.82, 2.24) is 15.7 Å². The summed E-state index contributed by atoms with van der Waals surface area (Å²) in [6, 6.07) is 14.1. The van der Waals surface area contributed by atoms with Gasteiger partial charge in [-0.1, -0.05) is 18.2 Å². The molecule has 0 bridgehead atoms. The molecular weight excluding hydrogens is 276 g/mol. The average molecular weight is 294 g/mol. The molecule has 1 aromatic heterocycles. The zero-order valence-corrected chi connectivity index (χ0v) is 12.1. The van der Waals surface area contributed by atoms with Gasteiger partial charge in [0.25, 0.3) is 0 Å². The predicted octanol–water partition coefficient (Wildman–Crippen LogP) is 2.00. The van der Waals surface area contributed by atoms with Crippen molar-refractivity contribution in [3.8, 4) is 0 Å². The Balaban J connectivity index is 1.53. The standard InChI is InChI=1S/C17H18N4O/c22-17-14-6-7-15(12-8-10-18-11-9-12)19-16(14)20-21(17)13-4-2-1-3-5-13/h1-5,8-11,14-16,19-20H,6-7H2. The fourth-order valence-corrected chi connectivity index (χ4v) is 3.33. The molecule has 3 atom stereocenters. The van der Waals surface area contributed by atoms with E-state index in [0.29, 0.717) is 0 Å². The van der Waals surface area contributed by atoms with Crippen molar-refractivity contribution >= 4 is 11.6 Å². The Bertz CT molecular complexity index is 661. The zero-order chi connectivity index (χ0) is 14.9. The highest BCUT2D eigenvalue weighted by molar-refractivity contribution is 5.96. The smallest absolute Gasteiger partial charge is 0.247 e. The molecule has 5 nitrogen and oxygen atoms in total. The van der Waals surface area contributed by atoms with Crippen molar-refractivity contribution < 1.29 is 4.79 Å². The fraction of sp³-hybridized carbons (Fsp3) is 0.294. The van der Waals surface area contributed by atoms with E-state index in [1.54, 1.807) is 5.01 Å². The summed E-state index contributed by atoms with van der Waals surface area (Å²) < 4.78 is 0. The van der Waals surface area contributed by atoms with Crippen LogP contribution in [0.3, 0.4) is 0 Å². The Morgan fingerprint density at radius 1 is 1.05 bits per heavy atom. The number of carbonyl (C=O) groups is 1. The first-order valence-corrected chi connectivity index (χ1v) is 7.64. The zero-order valence-electron chi connectivity index (χ0n) is 12.1. The number of nitrogens with one attached hydrogen (secondary N) is 2. The Labute approximate surface area is 129 Å². The molecule has 5 heteroatoms.